The molecule has 0 amide bonds. The topological polar surface area (TPSA) is 12.9 Å². The second-order valence-corrected chi connectivity index (χ2v) is 11.9. The van der Waals surface area contributed by atoms with Crippen LogP contribution in [-0.2, 0) is 0 Å². The zero-order valence-electron chi connectivity index (χ0n) is 15.3. The molecule has 0 fully saturated rings. The highest BCUT2D eigenvalue weighted by Crippen LogP contribution is 2.33. The SMILES string of the molecule is CC[Si](CC)(CC)c1ccc2ccccc2c1-c1ncccc1C. The Morgan fingerprint density at radius 1 is 0.833 bits per heavy atom. The van der Waals surface area contributed by atoms with E-state index in [4.69, 9.17) is 4.98 Å². The highest BCUT2D eigenvalue weighted by molar-refractivity contribution is 6.92. The number of hydrogen-bond acceptors (Lipinski definition) is 1. The van der Waals surface area contributed by atoms with Crippen molar-refractivity contribution in [3.8, 4) is 11.3 Å². The van der Waals surface area contributed by atoms with Gasteiger partial charge in [-0.25, -0.2) is 0 Å². The van der Waals surface area contributed by atoms with Crippen molar-refractivity contribution in [3.63, 3.8) is 0 Å². The molecule has 1 nitrogen and oxygen atoms in total. The van der Waals surface area contributed by atoms with Crippen LogP contribution >= 0.6 is 0 Å². The van der Waals surface area contributed by atoms with Crippen molar-refractivity contribution >= 4 is 24.0 Å². The normalized spacial score (nSPS) is 11.8. The Hall–Kier alpha value is -1.93. The highest BCUT2D eigenvalue weighted by Gasteiger charge is 2.32. The smallest absolute Gasteiger partial charge is 0.0868 e. The summed E-state index contributed by atoms with van der Waals surface area (Å²) in [5.74, 6) is 0. The maximum atomic E-state index is 4.80. The molecule has 0 saturated heterocycles. The Balaban J connectivity index is 2.43. The number of nitrogens with zero attached hydrogens (tertiary/aromatic N) is 1. The number of fused-ring (bicyclic) bond motifs is 1. The van der Waals surface area contributed by atoms with E-state index in [2.05, 4.69) is 70.2 Å². The second kappa shape index (κ2) is 6.90. The van der Waals surface area contributed by atoms with Gasteiger partial charge >= 0.3 is 0 Å². The van der Waals surface area contributed by atoms with E-state index >= 15 is 0 Å². The summed E-state index contributed by atoms with van der Waals surface area (Å²) in [5.41, 5.74) is 3.82. The number of aryl methyl sites for hydroxylation is 1. The summed E-state index contributed by atoms with van der Waals surface area (Å²) in [6, 6.07) is 21.6. The van der Waals surface area contributed by atoms with Gasteiger partial charge in [-0.15, -0.1) is 0 Å². The molecular weight excluding hydrogens is 306 g/mol. The standard InChI is InChI=1S/C22H27NSi/c1-5-24(6-2,7-3)20-15-14-18-12-8-9-13-19(18)21(20)22-17(4)11-10-16-23-22/h8-16H,5-7H2,1-4H3. The van der Waals surface area contributed by atoms with E-state index in [0.29, 0.717) is 0 Å². The van der Waals surface area contributed by atoms with Crippen molar-refractivity contribution in [2.24, 2.45) is 0 Å². The first-order valence-corrected chi connectivity index (χ1v) is 11.7. The van der Waals surface area contributed by atoms with Crippen LogP contribution < -0.4 is 5.19 Å². The van der Waals surface area contributed by atoms with Gasteiger partial charge in [-0.2, -0.15) is 0 Å². The first kappa shape index (κ1) is 16.9. The van der Waals surface area contributed by atoms with Gasteiger partial charge in [-0.3, -0.25) is 4.98 Å². The lowest BCUT2D eigenvalue weighted by molar-refractivity contribution is 1.19. The molecule has 0 unspecified atom stereocenters. The molecule has 0 radical (unpaired) electrons. The van der Waals surface area contributed by atoms with Crippen molar-refractivity contribution in [2.75, 3.05) is 0 Å². The number of benzene rings is 2. The van der Waals surface area contributed by atoms with E-state index in [1.54, 1.807) is 5.19 Å². The van der Waals surface area contributed by atoms with Crippen molar-refractivity contribution in [3.05, 3.63) is 60.3 Å². The van der Waals surface area contributed by atoms with Gasteiger partial charge in [-0.1, -0.05) is 81.4 Å². The predicted molar refractivity (Wildman–Crippen MR) is 109 cm³/mol. The third kappa shape index (κ3) is 2.69. The van der Waals surface area contributed by atoms with Crippen LogP contribution in [0.3, 0.4) is 0 Å². The molecule has 1 aromatic heterocycles. The van der Waals surface area contributed by atoms with Crippen LogP contribution in [0.5, 0.6) is 0 Å². The molecule has 2 aromatic carbocycles. The van der Waals surface area contributed by atoms with E-state index in [9.17, 15) is 0 Å². The fourth-order valence-electron chi connectivity index (χ4n) is 4.04. The van der Waals surface area contributed by atoms with Crippen molar-refractivity contribution in [1.29, 1.82) is 0 Å². The van der Waals surface area contributed by atoms with Gasteiger partial charge in [0.05, 0.1) is 13.8 Å². The maximum absolute atomic E-state index is 4.80. The molecule has 0 bridgehead atoms. The Morgan fingerprint density at radius 2 is 1.54 bits per heavy atom. The summed E-state index contributed by atoms with van der Waals surface area (Å²) in [7, 11) is -1.50. The summed E-state index contributed by atoms with van der Waals surface area (Å²) in [5, 5.41) is 4.26. The van der Waals surface area contributed by atoms with Gasteiger partial charge in [0, 0.05) is 11.8 Å². The van der Waals surface area contributed by atoms with Crippen molar-refractivity contribution in [2.45, 2.75) is 45.8 Å². The van der Waals surface area contributed by atoms with Crippen LogP contribution in [-0.4, -0.2) is 13.1 Å². The number of hydrogen-bond donors (Lipinski definition) is 0. The Kier molecular flexibility index (Phi) is 4.86. The molecule has 0 saturated carbocycles. The molecule has 0 atom stereocenters. The minimum Gasteiger partial charge on any atom is -0.256 e. The molecule has 3 rings (SSSR count). The van der Waals surface area contributed by atoms with Crippen LogP contribution in [0, 0.1) is 6.92 Å². The molecule has 0 aliphatic heterocycles. The van der Waals surface area contributed by atoms with E-state index < -0.39 is 8.07 Å². The second-order valence-electron chi connectivity index (χ2n) is 6.72. The van der Waals surface area contributed by atoms with Crippen molar-refractivity contribution in [1.82, 2.24) is 4.98 Å². The first-order chi connectivity index (χ1) is 11.7. The Morgan fingerprint density at radius 3 is 2.21 bits per heavy atom. The minimum absolute atomic E-state index is 1.16. The highest BCUT2D eigenvalue weighted by atomic mass is 28.3. The molecule has 1 heterocycles. The third-order valence-electron chi connectivity index (χ3n) is 5.78. The van der Waals surface area contributed by atoms with Crippen LogP contribution in [0.25, 0.3) is 22.0 Å². The third-order valence-corrected chi connectivity index (χ3v) is 11.4. The minimum atomic E-state index is -1.50. The van der Waals surface area contributed by atoms with Gasteiger partial charge in [0.15, 0.2) is 0 Å². The molecular formula is C22H27NSi. The number of pyridine rings is 1. The Bertz CT molecular complexity index is 841. The quantitative estimate of drug-likeness (QED) is 0.528. The largest absolute Gasteiger partial charge is 0.256 e. The molecule has 0 aliphatic carbocycles. The maximum Gasteiger partial charge on any atom is 0.0868 e. The van der Waals surface area contributed by atoms with E-state index in [1.165, 1.54) is 40.0 Å². The zero-order valence-corrected chi connectivity index (χ0v) is 16.3. The van der Waals surface area contributed by atoms with Crippen LogP contribution in [0.4, 0.5) is 0 Å². The van der Waals surface area contributed by atoms with E-state index in [0.717, 1.165) is 5.69 Å². The van der Waals surface area contributed by atoms with Crippen LogP contribution in [0.2, 0.25) is 18.1 Å². The van der Waals surface area contributed by atoms with Gasteiger partial charge in [-0.05, 0) is 34.5 Å². The van der Waals surface area contributed by atoms with E-state index in [-0.39, 0.29) is 0 Å². The van der Waals surface area contributed by atoms with Gasteiger partial charge in [0.1, 0.15) is 0 Å². The summed E-state index contributed by atoms with van der Waals surface area (Å²) >= 11 is 0. The summed E-state index contributed by atoms with van der Waals surface area (Å²) in [6.45, 7) is 9.32. The van der Waals surface area contributed by atoms with Gasteiger partial charge in [0.2, 0.25) is 0 Å². The van der Waals surface area contributed by atoms with Crippen molar-refractivity contribution < 1.29 is 0 Å². The molecule has 124 valence electrons. The average molecular weight is 334 g/mol. The van der Waals surface area contributed by atoms with E-state index in [1.807, 2.05) is 12.3 Å². The fourth-order valence-corrected chi connectivity index (χ4v) is 7.90. The molecule has 0 aliphatic rings. The summed E-state index contributed by atoms with van der Waals surface area (Å²) in [6.07, 6.45) is 1.93. The number of aromatic nitrogens is 1. The molecule has 2 heteroatoms. The van der Waals surface area contributed by atoms with Gasteiger partial charge in [0.25, 0.3) is 0 Å². The summed E-state index contributed by atoms with van der Waals surface area (Å²) in [4.78, 5) is 4.80. The monoisotopic (exact) mass is 333 g/mol. The number of rotatable bonds is 5. The average Bonchev–Trinajstić information content (AvgIpc) is 2.64. The lowest BCUT2D eigenvalue weighted by Crippen LogP contribution is -2.47. The predicted octanol–water partition coefficient (Wildman–Crippen LogP) is 5.93. The van der Waals surface area contributed by atoms with Crippen LogP contribution in [0.15, 0.2) is 54.7 Å². The molecule has 3 aromatic rings. The zero-order chi connectivity index (χ0) is 17.2. The van der Waals surface area contributed by atoms with Crippen LogP contribution in [0.1, 0.15) is 26.3 Å². The fraction of sp³-hybridized carbons (Fsp3) is 0.318. The van der Waals surface area contributed by atoms with Gasteiger partial charge < -0.3 is 0 Å². The lowest BCUT2D eigenvalue weighted by atomic mass is 9.99. The lowest BCUT2D eigenvalue weighted by Gasteiger charge is -2.32. The Labute approximate surface area is 146 Å². The molecule has 0 spiro atoms. The molecule has 24 heavy (non-hydrogen) atoms. The first-order valence-electron chi connectivity index (χ1n) is 9.11. The summed E-state index contributed by atoms with van der Waals surface area (Å²) < 4.78 is 0. The molecule has 0 N–H and O–H groups in total.